The lowest BCUT2D eigenvalue weighted by Crippen LogP contribution is -2.48. The highest BCUT2D eigenvalue weighted by Crippen LogP contribution is 2.21. The minimum Gasteiger partial charge on any atom is -0.343 e. The van der Waals surface area contributed by atoms with Crippen molar-refractivity contribution >= 4 is 33.4 Å². The number of aryl methyl sites for hydroxylation is 1. The molecule has 0 saturated carbocycles. The molecule has 1 aromatic heterocycles. The molecule has 1 aromatic carbocycles. The van der Waals surface area contributed by atoms with E-state index in [9.17, 15) is 9.18 Å². The van der Waals surface area contributed by atoms with Crippen LogP contribution < -0.4 is 0 Å². The number of amides is 1. The van der Waals surface area contributed by atoms with Crippen LogP contribution in [0, 0.1) is 5.82 Å². The fourth-order valence-electron chi connectivity index (χ4n) is 3.08. The molecule has 0 aliphatic carbocycles. The Morgan fingerprint density at radius 2 is 1.96 bits per heavy atom. The van der Waals surface area contributed by atoms with Crippen LogP contribution in [-0.2, 0) is 13.1 Å². The molecule has 25 heavy (non-hydrogen) atoms. The minimum absolute atomic E-state index is 0.0621. The van der Waals surface area contributed by atoms with Gasteiger partial charge in [0, 0.05) is 55.0 Å². The number of carbonyl (C=O) groups excluding carboxylic acids is 1. The maximum absolute atomic E-state index is 13.1. The van der Waals surface area contributed by atoms with Crippen LogP contribution in [-0.4, -0.2) is 46.5 Å². The van der Waals surface area contributed by atoms with Crippen molar-refractivity contribution in [1.82, 2.24) is 14.4 Å². The second-order valence-corrected chi connectivity index (χ2v) is 7.46. The Morgan fingerprint density at radius 1 is 1.24 bits per heavy atom. The first-order valence-electron chi connectivity index (χ1n) is 8.29. The highest BCUT2D eigenvalue weighted by molar-refractivity contribution is 9.10. The zero-order valence-corrected chi connectivity index (χ0v) is 16.4. The number of halogens is 3. The molecule has 1 saturated heterocycles. The molecule has 3 rings (SSSR count). The van der Waals surface area contributed by atoms with Crippen LogP contribution in [0.4, 0.5) is 4.39 Å². The van der Waals surface area contributed by atoms with E-state index < -0.39 is 0 Å². The van der Waals surface area contributed by atoms with E-state index in [1.807, 2.05) is 28.7 Å². The van der Waals surface area contributed by atoms with Gasteiger partial charge in [0.25, 0.3) is 5.91 Å². The summed E-state index contributed by atoms with van der Waals surface area (Å²) in [6.07, 6.45) is 1.93. The van der Waals surface area contributed by atoms with Gasteiger partial charge in [-0.2, -0.15) is 0 Å². The summed E-state index contributed by atoms with van der Waals surface area (Å²) in [6.45, 7) is 6.33. The summed E-state index contributed by atoms with van der Waals surface area (Å²) >= 11 is 9.54. The van der Waals surface area contributed by atoms with Crippen LogP contribution in [0.5, 0.6) is 0 Å². The Morgan fingerprint density at radius 3 is 2.60 bits per heavy atom. The predicted octanol–water partition coefficient (Wildman–Crippen LogP) is 4.02. The van der Waals surface area contributed by atoms with Crippen LogP contribution in [0.15, 0.2) is 34.9 Å². The fourth-order valence-corrected chi connectivity index (χ4v) is 3.77. The first kappa shape index (κ1) is 18.4. The summed E-state index contributed by atoms with van der Waals surface area (Å²) in [6, 6.07) is 6.36. The lowest BCUT2D eigenvalue weighted by atomic mass is 10.2. The molecule has 0 bridgehead atoms. The number of benzene rings is 1. The van der Waals surface area contributed by atoms with Crippen molar-refractivity contribution < 1.29 is 9.18 Å². The second kappa shape index (κ2) is 7.89. The van der Waals surface area contributed by atoms with Crippen LogP contribution >= 0.6 is 27.5 Å². The third-order valence-corrected chi connectivity index (χ3v) is 5.28. The van der Waals surface area contributed by atoms with E-state index in [4.69, 9.17) is 11.6 Å². The summed E-state index contributed by atoms with van der Waals surface area (Å²) in [5.74, 6) is -0.263. The summed E-state index contributed by atoms with van der Waals surface area (Å²) in [4.78, 5) is 16.9. The van der Waals surface area contributed by atoms with Crippen molar-refractivity contribution in [2.24, 2.45) is 0 Å². The molecule has 2 heterocycles. The lowest BCUT2D eigenvalue weighted by molar-refractivity contribution is 0.0618. The molecule has 0 unspecified atom stereocenters. The number of aromatic nitrogens is 1. The van der Waals surface area contributed by atoms with Crippen molar-refractivity contribution in [1.29, 1.82) is 0 Å². The Labute approximate surface area is 160 Å². The molecule has 0 atom stereocenters. The van der Waals surface area contributed by atoms with E-state index in [0.717, 1.165) is 29.7 Å². The van der Waals surface area contributed by atoms with Gasteiger partial charge in [0.05, 0.1) is 0 Å². The maximum Gasteiger partial charge on any atom is 0.270 e. The van der Waals surface area contributed by atoms with Crippen LogP contribution in [0.1, 0.15) is 23.0 Å². The molecule has 4 nitrogen and oxygen atoms in total. The molecule has 134 valence electrons. The minimum atomic E-state index is -0.325. The van der Waals surface area contributed by atoms with Crippen molar-refractivity contribution in [3.63, 3.8) is 0 Å². The van der Waals surface area contributed by atoms with Gasteiger partial charge in [-0.25, -0.2) is 4.39 Å². The fraction of sp³-hybridized carbons (Fsp3) is 0.389. The van der Waals surface area contributed by atoms with Gasteiger partial charge >= 0.3 is 0 Å². The molecular weight excluding hydrogens is 409 g/mol. The molecule has 0 N–H and O–H groups in total. The van der Waals surface area contributed by atoms with Crippen molar-refractivity contribution in [2.45, 2.75) is 20.0 Å². The lowest BCUT2D eigenvalue weighted by Gasteiger charge is -2.35. The number of rotatable bonds is 4. The van der Waals surface area contributed by atoms with Crippen molar-refractivity contribution in [3.8, 4) is 0 Å². The molecule has 0 radical (unpaired) electrons. The summed E-state index contributed by atoms with van der Waals surface area (Å²) < 4.78 is 16.0. The monoisotopic (exact) mass is 427 g/mol. The Kier molecular flexibility index (Phi) is 5.81. The molecule has 2 aromatic rings. The number of piperazine rings is 1. The maximum atomic E-state index is 13.1. The third-order valence-electron chi connectivity index (χ3n) is 4.49. The van der Waals surface area contributed by atoms with Gasteiger partial charge < -0.3 is 9.47 Å². The summed E-state index contributed by atoms with van der Waals surface area (Å²) in [7, 11) is 0. The molecule has 7 heteroatoms. The average molecular weight is 429 g/mol. The third kappa shape index (κ3) is 4.25. The Hall–Kier alpha value is -1.37. The van der Waals surface area contributed by atoms with Gasteiger partial charge in [0.15, 0.2) is 0 Å². The van der Waals surface area contributed by atoms with Gasteiger partial charge in [-0.1, -0.05) is 17.7 Å². The van der Waals surface area contributed by atoms with Crippen LogP contribution in [0.2, 0.25) is 5.02 Å². The second-order valence-electron chi connectivity index (χ2n) is 6.13. The summed E-state index contributed by atoms with van der Waals surface area (Å²) in [5.41, 5.74) is 1.62. The van der Waals surface area contributed by atoms with Gasteiger partial charge in [-0.15, -0.1) is 0 Å². The highest BCUT2D eigenvalue weighted by Gasteiger charge is 2.24. The van der Waals surface area contributed by atoms with Crippen molar-refractivity contribution in [3.05, 3.63) is 57.0 Å². The molecule has 1 amide bonds. The number of hydrogen-bond acceptors (Lipinski definition) is 2. The zero-order valence-electron chi connectivity index (χ0n) is 14.0. The van der Waals surface area contributed by atoms with Crippen LogP contribution in [0.3, 0.4) is 0 Å². The van der Waals surface area contributed by atoms with Crippen LogP contribution in [0.25, 0.3) is 0 Å². The largest absolute Gasteiger partial charge is 0.343 e. The van der Waals surface area contributed by atoms with Gasteiger partial charge in [0.2, 0.25) is 0 Å². The number of carbonyl (C=O) groups is 1. The molecular formula is C18H20BrClFN3O. The Bertz CT molecular complexity index is 772. The molecule has 1 fully saturated rings. The average Bonchev–Trinajstić information content (AvgIpc) is 2.98. The predicted molar refractivity (Wildman–Crippen MR) is 100 cm³/mol. The molecule has 0 spiro atoms. The summed E-state index contributed by atoms with van der Waals surface area (Å²) in [5, 5.41) is 0.448. The number of nitrogens with zero attached hydrogens (tertiary/aromatic N) is 3. The van der Waals surface area contributed by atoms with E-state index in [-0.39, 0.29) is 11.7 Å². The van der Waals surface area contributed by atoms with Gasteiger partial charge in [0.1, 0.15) is 11.5 Å². The quantitative estimate of drug-likeness (QED) is 0.736. The normalized spacial score (nSPS) is 15.6. The van der Waals surface area contributed by atoms with Gasteiger partial charge in [-0.05, 0) is 46.6 Å². The van der Waals surface area contributed by atoms with Gasteiger partial charge in [-0.3, -0.25) is 9.69 Å². The Balaban J connectivity index is 1.60. The molecule has 1 aliphatic rings. The zero-order chi connectivity index (χ0) is 18.0. The van der Waals surface area contributed by atoms with E-state index >= 15 is 0 Å². The molecule has 1 aliphatic heterocycles. The van der Waals surface area contributed by atoms with E-state index in [1.54, 1.807) is 6.07 Å². The topological polar surface area (TPSA) is 28.5 Å². The van der Waals surface area contributed by atoms with E-state index in [2.05, 4.69) is 20.8 Å². The van der Waals surface area contributed by atoms with E-state index in [0.29, 0.717) is 30.4 Å². The first-order chi connectivity index (χ1) is 12.0. The highest BCUT2D eigenvalue weighted by atomic mass is 79.9. The van der Waals surface area contributed by atoms with E-state index in [1.165, 1.54) is 12.1 Å². The number of hydrogen-bond donors (Lipinski definition) is 0. The smallest absolute Gasteiger partial charge is 0.270 e. The van der Waals surface area contributed by atoms with Crippen molar-refractivity contribution in [2.75, 3.05) is 26.2 Å². The SMILES string of the molecule is CCn1cc(Br)cc1C(=O)N1CCN(Cc2ccc(F)cc2Cl)CC1. The first-order valence-corrected chi connectivity index (χ1v) is 9.46. The standard InChI is InChI=1S/C18H20BrClFN3O/c1-2-23-12-14(19)9-17(23)18(25)24-7-5-22(6-8-24)11-13-3-4-15(21)10-16(13)20/h3-4,9-10,12H,2,5-8,11H2,1H3.